The first-order valence-corrected chi connectivity index (χ1v) is 8.71. The van der Waals surface area contributed by atoms with E-state index in [1.54, 1.807) is 12.3 Å². The number of halogens is 1. The summed E-state index contributed by atoms with van der Waals surface area (Å²) in [5.41, 5.74) is 5.68. The molecule has 23 heavy (non-hydrogen) atoms. The molecule has 1 aromatic heterocycles. The lowest BCUT2D eigenvalue weighted by atomic mass is 9.95. The number of hydrogen-bond acceptors (Lipinski definition) is 4. The minimum atomic E-state index is -0.0714. The zero-order chi connectivity index (χ0) is 16.8. The highest BCUT2D eigenvalue weighted by Crippen LogP contribution is 2.20. The Bertz CT molecular complexity index is 540. The SMILES string of the molecule is CC(N)CCC(=O)N1CCC(C(=O)Nc2ccc(Br)cn2)CC1. The second-order valence-corrected chi connectivity index (χ2v) is 6.94. The fourth-order valence-electron chi connectivity index (χ4n) is 2.58. The van der Waals surface area contributed by atoms with Crippen molar-refractivity contribution in [1.82, 2.24) is 9.88 Å². The van der Waals surface area contributed by atoms with Gasteiger partial charge < -0.3 is 16.0 Å². The molecule has 0 bridgehead atoms. The van der Waals surface area contributed by atoms with E-state index in [4.69, 9.17) is 5.73 Å². The van der Waals surface area contributed by atoms with Gasteiger partial charge in [-0.25, -0.2) is 4.98 Å². The van der Waals surface area contributed by atoms with Gasteiger partial charge in [-0.1, -0.05) is 0 Å². The van der Waals surface area contributed by atoms with Gasteiger partial charge in [-0.05, 0) is 54.2 Å². The Morgan fingerprint density at radius 2 is 2.13 bits per heavy atom. The van der Waals surface area contributed by atoms with E-state index in [0.29, 0.717) is 44.6 Å². The van der Waals surface area contributed by atoms with Gasteiger partial charge in [0, 0.05) is 42.1 Å². The van der Waals surface area contributed by atoms with Crippen molar-refractivity contribution in [3.8, 4) is 0 Å². The van der Waals surface area contributed by atoms with E-state index in [1.807, 2.05) is 17.9 Å². The Labute approximate surface area is 144 Å². The first-order chi connectivity index (χ1) is 11.0. The third kappa shape index (κ3) is 5.58. The third-order valence-corrected chi connectivity index (χ3v) is 4.48. The molecule has 2 amide bonds. The van der Waals surface area contributed by atoms with E-state index >= 15 is 0 Å². The van der Waals surface area contributed by atoms with Gasteiger partial charge in [0.15, 0.2) is 0 Å². The topological polar surface area (TPSA) is 88.3 Å². The van der Waals surface area contributed by atoms with Crippen molar-refractivity contribution in [2.24, 2.45) is 11.7 Å². The van der Waals surface area contributed by atoms with Gasteiger partial charge in [-0.15, -0.1) is 0 Å². The number of anilines is 1. The first kappa shape index (κ1) is 17.9. The van der Waals surface area contributed by atoms with Crippen LogP contribution in [0, 0.1) is 5.92 Å². The number of carbonyl (C=O) groups is 2. The van der Waals surface area contributed by atoms with E-state index in [0.717, 1.165) is 4.47 Å². The fourth-order valence-corrected chi connectivity index (χ4v) is 2.81. The molecule has 6 nitrogen and oxygen atoms in total. The summed E-state index contributed by atoms with van der Waals surface area (Å²) in [4.78, 5) is 30.3. The number of pyridine rings is 1. The van der Waals surface area contributed by atoms with Gasteiger partial charge in [0.2, 0.25) is 11.8 Å². The zero-order valence-corrected chi connectivity index (χ0v) is 14.9. The molecule has 2 rings (SSSR count). The number of piperidine rings is 1. The Morgan fingerprint density at radius 1 is 1.43 bits per heavy atom. The summed E-state index contributed by atoms with van der Waals surface area (Å²) in [7, 11) is 0. The van der Waals surface area contributed by atoms with Crippen LogP contribution in [0.2, 0.25) is 0 Å². The molecule has 1 fully saturated rings. The largest absolute Gasteiger partial charge is 0.343 e. The number of amides is 2. The van der Waals surface area contributed by atoms with Gasteiger partial charge in [0.25, 0.3) is 0 Å². The van der Waals surface area contributed by atoms with E-state index in [9.17, 15) is 9.59 Å². The fraction of sp³-hybridized carbons (Fsp3) is 0.562. The molecule has 0 saturated carbocycles. The summed E-state index contributed by atoms with van der Waals surface area (Å²) in [6, 6.07) is 3.64. The third-order valence-electron chi connectivity index (χ3n) is 4.01. The monoisotopic (exact) mass is 382 g/mol. The molecule has 1 aromatic rings. The standard InChI is InChI=1S/C16H23BrN4O2/c1-11(18)2-5-15(22)21-8-6-12(7-9-21)16(23)20-14-4-3-13(17)10-19-14/h3-4,10-12H,2,5-9,18H2,1H3,(H,19,20,23). The Hall–Kier alpha value is -1.47. The molecule has 1 atom stereocenters. The molecule has 7 heteroatoms. The summed E-state index contributed by atoms with van der Waals surface area (Å²) < 4.78 is 0.870. The second kappa shape index (κ2) is 8.40. The summed E-state index contributed by atoms with van der Waals surface area (Å²) >= 11 is 3.31. The number of likely N-dealkylation sites (tertiary alicyclic amines) is 1. The minimum Gasteiger partial charge on any atom is -0.343 e. The van der Waals surface area contributed by atoms with Gasteiger partial charge in [0.1, 0.15) is 5.82 Å². The van der Waals surface area contributed by atoms with Crippen molar-refractivity contribution in [3.63, 3.8) is 0 Å². The number of nitrogens with zero attached hydrogens (tertiary/aromatic N) is 2. The highest BCUT2D eigenvalue weighted by atomic mass is 79.9. The summed E-state index contributed by atoms with van der Waals surface area (Å²) in [6.45, 7) is 3.16. The van der Waals surface area contributed by atoms with Gasteiger partial charge in [-0.3, -0.25) is 9.59 Å². The van der Waals surface area contributed by atoms with Crippen LogP contribution in [0.5, 0.6) is 0 Å². The molecule has 0 radical (unpaired) electrons. The van der Waals surface area contributed by atoms with E-state index < -0.39 is 0 Å². The molecule has 0 aromatic carbocycles. The van der Waals surface area contributed by atoms with Crippen LogP contribution in [0.4, 0.5) is 5.82 Å². The highest BCUT2D eigenvalue weighted by Gasteiger charge is 2.27. The Morgan fingerprint density at radius 3 is 2.70 bits per heavy atom. The lowest BCUT2D eigenvalue weighted by Gasteiger charge is -2.31. The van der Waals surface area contributed by atoms with Crippen LogP contribution < -0.4 is 11.1 Å². The van der Waals surface area contributed by atoms with Crippen molar-refractivity contribution in [2.45, 2.75) is 38.6 Å². The molecule has 1 unspecified atom stereocenters. The normalized spacial score (nSPS) is 16.9. The number of aromatic nitrogens is 1. The lowest BCUT2D eigenvalue weighted by Crippen LogP contribution is -2.41. The van der Waals surface area contributed by atoms with E-state index in [-0.39, 0.29) is 23.8 Å². The molecule has 3 N–H and O–H groups in total. The van der Waals surface area contributed by atoms with E-state index in [2.05, 4.69) is 26.2 Å². The predicted molar refractivity (Wildman–Crippen MR) is 92.8 cm³/mol. The second-order valence-electron chi connectivity index (χ2n) is 6.02. The van der Waals surface area contributed by atoms with Crippen LogP contribution in [0.3, 0.4) is 0 Å². The van der Waals surface area contributed by atoms with Crippen molar-refractivity contribution in [3.05, 3.63) is 22.8 Å². The number of hydrogen-bond donors (Lipinski definition) is 2. The summed E-state index contributed by atoms with van der Waals surface area (Å²) in [5.74, 6) is 0.588. The van der Waals surface area contributed by atoms with Gasteiger partial charge in [0.05, 0.1) is 0 Å². The zero-order valence-electron chi connectivity index (χ0n) is 13.3. The maximum Gasteiger partial charge on any atom is 0.228 e. The quantitative estimate of drug-likeness (QED) is 0.816. The molecule has 2 heterocycles. The molecular weight excluding hydrogens is 360 g/mol. The summed E-state index contributed by atoms with van der Waals surface area (Å²) in [6.07, 6.45) is 4.21. The maximum atomic E-state index is 12.3. The maximum absolute atomic E-state index is 12.3. The average molecular weight is 383 g/mol. The van der Waals surface area contributed by atoms with E-state index in [1.165, 1.54) is 0 Å². The molecule has 0 spiro atoms. The van der Waals surface area contributed by atoms with Crippen LogP contribution in [-0.2, 0) is 9.59 Å². The smallest absolute Gasteiger partial charge is 0.228 e. The summed E-state index contributed by atoms with van der Waals surface area (Å²) in [5, 5.41) is 2.83. The lowest BCUT2D eigenvalue weighted by molar-refractivity contribution is -0.134. The van der Waals surface area contributed by atoms with Crippen LogP contribution in [0.1, 0.15) is 32.6 Å². The molecule has 1 aliphatic heterocycles. The predicted octanol–water partition coefficient (Wildman–Crippen LogP) is 2.15. The Kier molecular flexibility index (Phi) is 6.53. The van der Waals surface area contributed by atoms with Crippen LogP contribution >= 0.6 is 15.9 Å². The number of rotatable bonds is 5. The van der Waals surface area contributed by atoms with Crippen molar-refractivity contribution in [2.75, 3.05) is 18.4 Å². The van der Waals surface area contributed by atoms with Crippen LogP contribution in [0.25, 0.3) is 0 Å². The molecule has 126 valence electrons. The average Bonchev–Trinajstić information content (AvgIpc) is 2.55. The Balaban J connectivity index is 1.78. The van der Waals surface area contributed by atoms with Crippen molar-refractivity contribution in [1.29, 1.82) is 0 Å². The highest BCUT2D eigenvalue weighted by molar-refractivity contribution is 9.10. The number of nitrogens with one attached hydrogen (secondary N) is 1. The number of carbonyl (C=O) groups excluding carboxylic acids is 2. The first-order valence-electron chi connectivity index (χ1n) is 7.91. The van der Waals surface area contributed by atoms with Crippen LogP contribution in [0.15, 0.2) is 22.8 Å². The molecule has 0 aliphatic carbocycles. The molecule has 1 aliphatic rings. The molecular formula is C16H23BrN4O2. The van der Waals surface area contributed by atoms with Crippen molar-refractivity contribution < 1.29 is 9.59 Å². The molecule has 1 saturated heterocycles. The van der Waals surface area contributed by atoms with Crippen LogP contribution in [-0.4, -0.2) is 40.8 Å². The van der Waals surface area contributed by atoms with Crippen molar-refractivity contribution >= 4 is 33.6 Å². The number of nitrogens with two attached hydrogens (primary N) is 1. The van der Waals surface area contributed by atoms with Gasteiger partial charge >= 0.3 is 0 Å². The minimum absolute atomic E-state index is 0.0255. The van der Waals surface area contributed by atoms with Gasteiger partial charge in [-0.2, -0.15) is 0 Å².